The molecule has 0 bridgehead atoms. The average molecular weight is 289 g/mol. The van der Waals surface area contributed by atoms with Crippen molar-refractivity contribution in [2.24, 2.45) is 0 Å². The molecule has 1 aromatic carbocycles. The molecule has 118 valence electrons. The summed E-state index contributed by atoms with van der Waals surface area (Å²) in [6, 6.07) is 6.82. The first-order valence-electron chi connectivity index (χ1n) is 8.58. The van der Waals surface area contributed by atoms with E-state index in [1.54, 1.807) is 0 Å². The molecule has 1 aromatic rings. The first kappa shape index (κ1) is 16.3. The molecule has 1 aliphatic heterocycles. The number of nitrogens with zero attached hydrogens (tertiary/aromatic N) is 2. The fourth-order valence-corrected chi connectivity index (χ4v) is 3.27. The summed E-state index contributed by atoms with van der Waals surface area (Å²) < 4.78 is 0. The van der Waals surface area contributed by atoms with Crippen LogP contribution < -0.4 is 10.2 Å². The molecule has 0 atom stereocenters. The minimum absolute atomic E-state index is 1.03. The van der Waals surface area contributed by atoms with Gasteiger partial charge in [0.1, 0.15) is 0 Å². The summed E-state index contributed by atoms with van der Waals surface area (Å²) in [5.74, 6) is 0. The first-order valence-corrected chi connectivity index (χ1v) is 8.58. The molecule has 1 aliphatic rings. The van der Waals surface area contributed by atoms with Crippen molar-refractivity contribution in [2.75, 3.05) is 44.2 Å². The van der Waals surface area contributed by atoms with Crippen molar-refractivity contribution in [1.29, 1.82) is 0 Å². The maximum Gasteiger partial charge on any atom is 0.0414 e. The van der Waals surface area contributed by atoms with Crippen LogP contribution in [0.1, 0.15) is 38.3 Å². The van der Waals surface area contributed by atoms with Gasteiger partial charge in [-0.05, 0) is 63.1 Å². The maximum absolute atomic E-state index is 3.52. The zero-order valence-electron chi connectivity index (χ0n) is 14.0. The van der Waals surface area contributed by atoms with E-state index in [9.17, 15) is 0 Å². The van der Waals surface area contributed by atoms with Crippen LogP contribution in [0, 0.1) is 0 Å². The van der Waals surface area contributed by atoms with Crippen molar-refractivity contribution in [1.82, 2.24) is 10.2 Å². The van der Waals surface area contributed by atoms with Gasteiger partial charge in [-0.3, -0.25) is 0 Å². The summed E-state index contributed by atoms with van der Waals surface area (Å²) in [4.78, 5) is 5.06. The van der Waals surface area contributed by atoms with E-state index in [0.717, 1.165) is 39.3 Å². The lowest BCUT2D eigenvalue weighted by Gasteiger charge is -2.30. The van der Waals surface area contributed by atoms with Gasteiger partial charge in [-0.25, -0.2) is 0 Å². The molecule has 2 rings (SSSR count). The fourth-order valence-electron chi connectivity index (χ4n) is 3.27. The van der Waals surface area contributed by atoms with Gasteiger partial charge in [0.2, 0.25) is 0 Å². The van der Waals surface area contributed by atoms with E-state index in [2.05, 4.69) is 54.1 Å². The third kappa shape index (κ3) is 4.21. The summed E-state index contributed by atoms with van der Waals surface area (Å²) in [6.45, 7) is 14.7. The van der Waals surface area contributed by atoms with Crippen LogP contribution in [0.2, 0.25) is 0 Å². The molecule has 0 aliphatic carbocycles. The Balaban J connectivity index is 2.01. The second-order valence-corrected chi connectivity index (χ2v) is 5.80. The van der Waals surface area contributed by atoms with Gasteiger partial charge < -0.3 is 15.1 Å². The minimum Gasteiger partial charge on any atom is -0.371 e. The Kier molecular flexibility index (Phi) is 6.52. The second kappa shape index (κ2) is 8.40. The van der Waals surface area contributed by atoms with Crippen molar-refractivity contribution in [3.05, 3.63) is 29.3 Å². The van der Waals surface area contributed by atoms with Crippen molar-refractivity contribution in [3.63, 3.8) is 0 Å². The lowest BCUT2D eigenvalue weighted by Crippen LogP contribution is -2.32. The molecule has 0 spiro atoms. The molecular weight excluding hydrogens is 258 g/mol. The Morgan fingerprint density at radius 3 is 2.57 bits per heavy atom. The van der Waals surface area contributed by atoms with Gasteiger partial charge in [0.25, 0.3) is 0 Å². The predicted molar refractivity (Wildman–Crippen MR) is 92.1 cm³/mol. The molecule has 0 saturated heterocycles. The molecule has 3 nitrogen and oxygen atoms in total. The van der Waals surface area contributed by atoms with Gasteiger partial charge in [0, 0.05) is 25.3 Å². The molecule has 1 heterocycles. The smallest absolute Gasteiger partial charge is 0.0414 e. The minimum atomic E-state index is 1.03. The molecule has 0 unspecified atom stereocenters. The van der Waals surface area contributed by atoms with E-state index in [0.29, 0.717) is 0 Å². The SMILES string of the molecule is CCN(CC)CCCN(CC)c1cccc2c1CNCC2. The van der Waals surface area contributed by atoms with E-state index in [-0.39, 0.29) is 0 Å². The molecule has 0 radical (unpaired) electrons. The van der Waals surface area contributed by atoms with Crippen LogP contribution in [-0.2, 0) is 13.0 Å². The van der Waals surface area contributed by atoms with E-state index in [1.807, 2.05) is 0 Å². The molecule has 0 saturated carbocycles. The summed E-state index contributed by atoms with van der Waals surface area (Å²) >= 11 is 0. The molecule has 21 heavy (non-hydrogen) atoms. The number of fused-ring (bicyclic) bond motifs is 1. The quantitative estimate of drug-likeness (QED) is 0.794. The fraction of sp³-hybridized carbons (Fsp3) is 0.667. The van der Waals surface area contributed by atoms with Crippen LogP contribution in [0.5, 0.6) is 0 Å². The Labute approximate surface area is 130 Å². The van der Waals surface area contributed by atoms with Crippen LogP contribution in [0.4, 0.5) is 5.69 Å². The number of hydrogen-bond donors (Lipinski definition) is 1. The summed E-state index contributed by atoms with van der Waals surface area (Å²) in [7, 11) is 0. The monoisotopic (exact) mass is 289 g/mol. The van der Waals surface area contributed by atoms with Crippen molar-refractivity contribution in [2.45, 2.75) is 40.2 Å². The van der Waals surface area contributed by atoms with E-state index in [4.69, 9.17) is 0 Å². The highest BCUT2D eigenvalue weighted by Crippen LogP contribution is 2.26. The van der Waals surface area contributed by atoms with Gasteiger partial charge >= 0.3 is 0 Å². The van der Waals surface area contributed by atoms with Crippen LogP contribution in [0.25, 0.3) is 0 Å². The summed E-state index contributed by atoms with van der Waals surface area (Å²) in [5, 5.41) is 3.52. The van der Waals surface area contributed by atoms with Crippen molar-refractivity contribution in [3.8, 4) is 0 Å². The maximum atomic E-state index is 3.52. The molecule has 0 fully saturated rings. The second-order valence-electron chi connectivity index (χ2n) is 5.80. The van der Waals surface area contributed by atoms with E-state index in [1.165, 1.54) is 36.2 Å². The third-order valence-corrected chi connectivity index (χ3v) is 4.64. The average Bonchev–Trinajstić information content (AvgIpc) is 2.55. The molecule has 0 aromatic heterocycles. The zero-order valence-corrected chi connectivity index (χ0v) is 14.0. The zero-order chi connectivity index (χ0) is 15.1. The van der Waals surface area contributed by atoms with Gasteiger partial charge in [-0.1, -0.05) is 26.0 Å². The summed E-state index contributed by atoms with van der Waals surface area (Å²) in [5.41, 5.74) is 4.50. The molecule has 1 N–H and O–H groups in total. The number of hydrogen-bond acceptors (Lipinski definition) is 3. The number of anilines is 1. The highest BCUT2D eigenvalue weighted by molar-refractivity contribution is 5.57. The lowest BCUT2D eigenvalue weighted by atomic mass is 9.98. The normalized spacial score (nSPS) is 14.3. The highest BCUT2D eigenvalue weighted by atomic mass is 15.1. The van der Waals surface area contributed by atoms with E-state index < -0.39 is 0 Å². The molecular formula is C18H31N3. The van der Waals surface area contributed by atoms with Crippen LogP contribution in [-0.4, -0.2) is 44.2 Å². The van der Waals surface area contributed by atoms with Gasteiger partial charge in [-0.15, -0.1) is 0 Å². The standard InChI is InChI=1S/C18H31N3/c1-4-20(5-2)13-8-14-21(6-3)18-10-7-9-16-11-12-19-15-17(16)18/h7,9-10,19H,4-6,8,11-15H2,1-3H3. The first-order chi connectivity index (χ1) is 10.3. The highest BCUT2D eigenvalue weighted by Gasteiger charge is 2.16. The number of nitrogens with one attached hydrogen (secondary N) is 1. The van der Waals surface area contributed by atoms with Gasteiger partial charge in [-0.2, -0.15) is 0 Å². The number of benzene rings is 1. The molecule has 0 amide bonds. The Morgan fingerprint density at radius 1 is 1.05 bits per heavy atom. The van der Waals surface area contributed by atoms with Crippen LogP contribution in [0.15, 0.2) is 18.2 Å². The Morgan fingerprint density at radius 2 is 1.86 bits per heavy atom. The van der Waals surface area contributed by atoms with Crippen molar-refractivity contribution < 1.29 is 0 Å². The largest absolute Gasteiger partial charge is 0.371 e. The predicted octanol–water partition coefficient (Wildman–Crippen LogP) is 2.89. The van der Waals surface area contributed by atoms with Crippen LogP contribution in [0.3, 0.4) is 0 Å². The molecule has 3 heteroatoms. The van der Waals surface area contributed by atoms with Crippen molar-refractivity contribution >= 4 is 5.69 Å². The third-order valence-electron chi connectivity index (χ3n) is 4.64. The van der Waals surface area contributed by atoms with Crippen LogP contribution >= 0.6 is 0 Å². The van der Waals surface area contributed by atoms with E-state index >= 15 is 0 Å². The number of rotatable bonds is 8. The Hall–Kier alpha value is -1.06. The topological polar surface area (TPSA) is 18.5 Å². The summed E-state index contributed by atoms with van der Waals surface area (Å²) in [6.07, 6.45) is 2.41. The lowest BCUT2D eigenvalue weighted by molar-refractivity contribution is 0.300. The Bertz CT molecular complexity index is 426. The van der Waals surface area contributed by atoms with Gasteiger partial charge in [0.05, 0.1) is 0 Å². The van der Waals surface area contributed by atoms with Gasteiger partial charge in [0.15, 0.2) is 0 Å².